The van der Waals surface area contributed by atoms with E-state index in [1.165, 1.54) is 17.1 Å². The molecule has 4 aromatic rings. The van der Waals surface area contributed by atoms with Gasteiger partial charge in [0.1, 0.15) is 23.8 Å². The van der Waals surface area contributed by atoms with Crippen LogP contribution in [0.25, 0.3) is 22.3 Å². The number of pyridine rings is 1. The van der Waals surface area contributed by atoms with Crippen LogP contribution >= 0.6 is 7.82 Å². The maximum Gasteiger partial charge on any atom is 0.548 e. The summed E-state index contributed by atoms with van der Waals surface area (Å²) >= 11 is 0. The number of imidazole rings is 1. The molecule has 0 bridgehead atoms. The van der Waals surface area contributed by atoms with Crippen molar-refractivity contribution in [2.45, 2.75) is 24.5 Å². The highest BCUT2D eigenvalue weighted by Gasteiger charge is 2.45. The minimum absolute atomic E-state index is 0.00999. The van der Waals surface area contributed by atoms with E-state index < -0.39 is 44.5 Å². The van der Waals surface area contributed by atoms with E-state index in [0.717, 1.165) is 0 Å². The average Bonchev–Trinajstić information content (AvgIpc) is 3.44. The largest absolute Gasteiger partial charge is 0.548 e. The SMILES string of the molecule is Nc1nc2c(ncn2[C@@H]2O[C@H](COP(=O)(O)On3nnc4cccnc43)[C@@H](O)[C@H]2O)c(=O)[nH]1. The molecule has 1 fully saturated rings. The van der Waals surface area contributed by atoms with Crippen LogP contribution < -0.4 is 15.9 Å². The van der Waals surface area contributed by atoms with Crippen LogP contribution in [0.15, 0.2) is 29.5 Å². The van der Waals surface area contributed by atoms with Crippen molar-refractivity contribution in [1.29, 1.82) is 0 Å². The first-order valence-electron chi connectivity index (χ1n) is 9.31. The van der Waals surface area contributed by atoms with Crippen LogP contribution in [0.5, 0.6) is 0 Å². The Balaban J connectivity index is 1.31. The van der Waals surface area contributed by atoms with E-state index in [9.17, 15) is 24.5 Å². The second kappa shape index (κ2) is 7.84. The zero-order chi connectivity index (χ0) is 23.3. The molecule has 33 heavy (non-hydrogen) atoms. The molecule has 0 radical (unpaired) electrons. The van der Waals surface area contributed by atoms with Gasteiger partial charge in [-0.1, -0.05) is 0 Å². The van der Waals surface area contributed by atoms with Crippen molar-refractivity contribution in [1.82, 2.24) is 39.7 Å². The standard InChI is InChI=1S/C15H16N9O8P/c16-15-19-12-8(13(27)20-15)18-5-23(12)14-10(26)9(25)7(31-14)4-30-33(28,29)32-24-11-6(21-22-24)2-1-3-17-11/h1-3,5,7,9-10,14,25-26H,4H2,(H,28,29)(H3,16,19,20,27)/t7-,9-,10-,14-/m1/s1. The number of hydrogen-bond donors (Lipinski definition) is 5. The molecule has 0 aliphatic carbocycles. The number of aromatic nitrogens is 8. The number of aromatic amines is 1. The number of ether oxygens (including phenoxy) is 1. The molecule has 0 saturated carbocycles. The Morgan fingerprint density at radius 3 is 2.91 bits per heavy atom. The van der Waals surface area contributed by atoms with E-state index in [2.05, 4.69) is 30.2 Å². The highest BCUT2D eigenvalue weighted by atomic mass is 31.2. The summed E-state index contributed by atoms with van der Waals surface area (Å²) in [4.78, 5) is 36.7. The van der Waals surface area contributed by atoms with E-state index in [1.807, 2.05) is 0 Å². The number of nitrogens with two attached hydrogens (primary N) is 1. The molecular formula is C15H16N9O8P. The molecule has 174 valence electrons. The predicted octanol–water partition coefficient (Wildman–Crippen LogP) is -2.29. The fourth-order valence-electron chi connectivity index (χ4n) is 3.32. The van der Waals surface area contributed by atoms with Crippen molar-refractivity contribution < 1.29 is 33.6 Å². The summed E-state index contributed by atoms with van der Waals surface area (Å²) in [7, 11) is -4.76. The Kier molecular flexibility index (Phi) is 5.08. The fraction of sp³-hybridized carbons (Fsp3) is 0.333. The van der Waals surface area contributed by atoms with Gasteiger partial charge in [-0.3, -0.25) is 28.4 Å². The van der Waals surface area contributed by atoms with Gasteiger partial charge in [0.15, 0.2) is 17.4 Å². The lowest BCUT2D eigenvalue weighted by Crippen LogP contribution is -2.34. The van der Waals surface area contributed by atoms with Crippen LogP contribution in [0.3, 0.4) is 0 Å². The van der Waals surface area contributed by atoms with Crippen LogP contribution in [0.1, 0.15) is 6.23 Å². The van der Waals surface area contributed by atoms with Crippen molar-refractivity contribution in [3.8, 4) is 0 Å². The Morgan fingerprint density at radius 2 is 2.09 bits per heavy atom. The molecule has 6 N–H and O–H groups in total. The number of rotatable bonds is 6. The molecule has 5 atom stereocenters. The summed E-state index contributed by atoms with van der Waals surface area (Å²) in [6.07, 6.45) is -2.94. The lowest BCUT2D eigenvalue weighted by atomic mass is 10.1. The maximum absolute atomic E-state index is 12.3. The third kappa shape index (κ3) is 3.82. The van der Waals surface area contributed by atoms with Crippen molar-refractivity contribution in [2.24, 2.45) is 0 Å². The third-order valence-electron chi connectivity index (χ3n) is 4.83. The summed E-state index contributed by atoms with van der Waals surface area (Å²) in [5.74, 6) is -0.185. The highest BCUT2D eigenvalue weighted by molar-refractivity contribution is 7.47. The second-order valence-corrected chi connectivity index (χ2v) is 8.33. The van der Waals surface area contributed by atoms with Gasteiger partial charge >= 0.3 is 7.82 Å². The number of nitrogens with zero attached hydrogens (tertiary/aromatic N) is 7. The molecule has 17 nitrogen and oxygen atoms in total. The fourth-order valence-corrected chi connectivity index (χ4v) is 4.00. The number of H-pyrrole nitrogens is 1. The zero-order valence-corrected chi connectivity index (χ0v) is 17.3. The van der Waals surface area contributed by atoms with Gasteiger partial charge in [-0.2, -0.15) is 4.98 Å². The van der Waals surface area contributed by atoms with Gasteiger partial charge in [-0.25, -0.2) is 14.5 Å². The number of aliphatic hydroxyl groups excluding tert-OH is 2. The van der Waals surface area contributed by atoms with Crippen molar-refractivity contribution in [3.05, 3.63) is 35.0 Å². The maximum atomic E-state index is 12.3. The van der Waals surface area contributed by atoms with Gasteiger partial charge in [0.05, 0.1) is 12.9 Å². The number of phosphoric acid groups is 1. The number of phosphoric ester groups is 1. The predicted molar refractivity (Wildman–Crippen MR) is 106 cm³/mol. The quantitative estimate of drug-likeness (QED) is 0.182. The molecule has 0 spiro atoms. The van der Waals surface area contributed by atoms with Crippen LogP contribution in [-0.4, -0.2) is 79.7 Å². The van der Waals surface area contributed by atoms with E-state index in [4.69, 9.17) is 19.6 Å². The van der Waals surface area contributed by atoms with Crippen LogP contribution in [0.4, 0.5) is 5.95 Å². The number of nitrogens with one attached hydrogen (secondary N) is 1. The normalized spacial score (nSPS) is 24.9. The smallest absolute Gasteiger partial charge is 0.387 e. The molecule has 0 amide bonds. The lowest BCUT2D eigenvalue weighted by Gasteiger charge is -2.17. The summed E-state index contributed by atoms with van der Waals surface area (Å²) < 4.78 is 28.9. The minimum Gasteiger partial charge on any atom is -0.387 e. The third-order valence-corrected chi connectivity index (χ3v) is 5.66. The molecule has 0 aromatic carbocycles. The number of nitrogen functional groups attached to an aromatic ring is 1. The Hall–Kier alpha value is -3.47. The first-order chi connectivity index (χ1) is 15.7. The van der Waals surface area contributed by atoms with E-state index >= 15 is 0 Å². The van der Waals surface area contributed by atoms with Gasteiger partial charge in [0, 0.05) is 6.20 Å². The molecule has 1 aliphatic heterocycles. The Labute approximate surface area is 181 Å². The first-order valence-corrected chi connectivity index (χ1v) is 10.8. The van der Waals surface area contributed by atoms with Gasteiger partial charge in [-0.15, -0.1) is 5.10 Å². The highest BCUT2D eigenvalue weighted by Crippen LogP contribution is 2.41. The topological polar surface area (TPSA) is 239 Å². The Morgan fingerprint density at radius 1 is 1.27 bits per heavy atom. The number of hydrogen-bond acceptors (Lipinski definition) is 13. The van der Waals surface area contributed by atoms with Crippen LogP contribution in [0, 0.1) is 0 Å². The van der Waals surface area contributed by atoms with E-state index in [1.54, 1.807) is 12.1 Å². The summed E-state index contributed by atoms with van der Waals surface area (Å²) in [6.45, 7) is -0.647. The number of aliphatic hydroxyl groups is 2. The molecule has 18 heteroatoms. The first kappa shape index (κ1) is 21.4. The zero-order valence-electron chi connectivity index (χ0n) is 16.4. The van der Waals surface area contributed by atoms with Crippen LogP contribution in [-0.2, 0) is 13.8 Å². The summed E-state index contributed by atoms with van der Waals surface area (Å²) in [5.41, 5.74) is 5.31. The van der Waals surface area contributed by atoms with E-state index in [-0.39, 0.29) is 22.8 Å². The van der Waals surface area contributed by atoms with E-state index in [0.29, 0.717) is 10.4 Å². The molecule has 5 heterocycles. The lowest BCUT2D eigenvalue weighted by molar-refractivity contribution is -0.0518. The summed E-state index contributed by atoms with van der Waals surface area (Å²) in [5, 5.41) is 28.1. The van der Waals surface area contributed by atoms with Gasteiger partial charge in [-0.05, 0) is 22.2 Å². The van der Waals surface area contributed by atoms with Crippen molar-refractivity contribution in [2.75, 3.05) is 12.3 Å². The number of fused-ring (bicyclic) bond motifs is 2. The average molecular weight is 481 g/mol. The van der Waals surface area contributed by atoms with Gasteiger partial charge in [0.25, 0.3) is 5.56 Å². The molecule has 1 unspecified atom stereocenters. The van der Waals surface area contributed by atoms with Gasteiger partial charge in [0.2, 0.25) is 11.6 Å². The summed E-state index contributed by atoms with van der Waals surface area (Å²) in [6, 6.07) is 3.17. The monoisotopic (exact) mass is 481 g/mol. The van der Waals surface area contributed by atoms with Crippen LogP contribution in [0.2, 0.25) is 0 Å². The molecule has 1 saturated heterocycles. The second-order valence-electron chi connectivity index (χ2n) is 6.98. The molecule has 4 aromatic heterocycles. The molecular weight excluding hydrogens is 465 g/mol. The molecule has 5 rings (SSSR count). The van der Waals surface area contributed by atoms with Gasteiger partial charge < -0.3 is 20.7 Å². The minimum atomic E-state index is -4.76. The van der Waals surface area contributed by atoms with Crippen molar-refractivity contribution in [3.63, 3.8) is 0 Å². The number of anilines is 1. The van der Waals surface area contributed by atoms with Crippen molar-refractivity contribution >= 4 is 36.1 Å². The molecule has 1 aliphatic rings. The Bertz CT molecular complexity index is 1440.